The number of ether oxygens (including phenoxy) is 1. The summed E-state index contributed by atoms with van der Waals surface area (Å²) in [6.45, 7) is 2.11. The third-order valence-corrected chi connectivity index (χ3v) is 2.00. The van der Waals surface area contributed by atoms with Gasteiger partial charge in [0.1, 0.15) is 5.75 Å². The van der Waals surface area contributed by atoms with E-state index < -0.39 is 0 Å². The van der Waals surface area contributed by atoms with Crippen LogP contribution in [0.4, 0.5) is 0 Å². The van der Waals surface area contributed by atoms with E-state index >= 15 is 0 Å². The van der Waals surface area contributed by atoms with Crippen LogP contribution >= 0.6 is 0 Å². The van der Waals surface area contributed by atoms with Gasteiger partial charge in [0.15, 0.2) is 0 Å². The van der Waals surface area contributed by atoms with E-state index in [-0.39, 0.29) is 6.01 Å². The van der Waals surface area contributed by atoms with Gasteiger partial charge < -0.3 is 4.74 Å². The fourth-order valence-electron chi connectivity index (χ4n) is 1.18. The highest BCUT2D eigenvalue weighted by molar-refractivity contribution is 5.28. The standard InChI is InChI=1S/C11H11N3O/c1-2-9-3-5-10(6-4-9)15-11-12-7-8-13-14-11/h3-8H,2H2,1H3. The molecule has 0 amide bonds. The van der Waals surface area contributed by atoms with Gasteiger partial charge in [0, 0.05) is 0 Å². The van der Waals surface area contributed by atoms with Crippen LogP contribution in [0.1, 0.15) is 12.5 Å². The summed E-state index contributed by atoms with van der Waals surface area (Å²) in [6.07, 6.45) is 4.07. The Morgan fingerprint density at radius 2 is 1.93 bits per heavy atom. The second-order valence-corrected chi connectivity index (χ2v) is 3.02. The first kappa shape index (κ1) is 9.58. The lowest BCUT2D eigenvalue weighted by molar-refractivity contribution is 0.433. The zero-order valence-electron chi connectivity index (χ0n) is 8.42. The molecule has 2 aromatic rings. The van der Waals surface area contributed by atoms with E-state index in [1.807, 2.05) is 24.3 Å². The molecule has 0 unspecified atom stereocenters. The molecule has 0 aliphatic rings. The first-order valence-corrected chi connectivity index (χ1v) is 4.79. The van der Waals surface area contributed by atoms with Crippen molar-refractivity contribution in [3.05, 3.63) is 42.2 Å². The van der Waals surface area contributed by atoms with E-state index in [1.165, 1.54) is 11.8 Å². The highest BCUT2D eigenvalue weighted by Crippen LogP contribution is 2.17. The molecule has 4 nitrogen and oxygen atoms in total. The number of hydrogen-bond acceptors (Lipinski definition) is 4. The van der Waals surface area contributed by atoms with E-state index in [0.29, 0.717) is 0 Å². The minimum Gasteiger partial charge on any atom is -0.423 e. The normalized spacial score (nSPS) is 9.93. The second kappa shape index (κ2) is 4.50. The van der Waals surface area contributed by atoms with Crippen LogP contribution in [-0.4, -0.2) is 15.2 Å². The third kappa shape index (κ3) is 2.49. The zero-order chi connectivity index (χ0) is 10.5. The minimum atomic E-state index is 0.266. The van der Waals surface area contributed by atoms with E-state index in [4.69, 9.17) is 4.74 Å². The topological polar surface area (TPSA) is 47.9 Å². The maximum Gasteiger partial charge on any atom is 0.341 e. The maximum absolute atomic E-state index is 5.39. The SMILES string of the molecule is CCc1ccc(Oc2nccnn2)cc1. The van der Waals surface area contributed by atoms with Gasteiger partial charge >= 0.3 is 6.01 Å². The Hall–Kier alpha value is -1.97. The van der Waals surface area contributed by atoms with Crippen molar-refractivity contribution < 1.29 is 4.74 Å². The van der Waals surface area contributed by atoms with Crippen molar-refractivity contribution in [1.29, 1.82) is 0 Å². The molecule has 0 aliphatic heterocycles. The summed E-state index contributed by atoms with van der Waals surface area (Å²) < 4.78 is 5.39. The van der Waals surface area contributed by atoms with Gasteiger partial charge in [-0.15, -0.1) is 0 Å². The van der Waals surface area contributed by atoms with Gasteiger partial charge in [0.2, 0.25) is 0 Å². The van der Waals surface area contributed by atoms with E-state index in [0.717, 1.165) is 12.2 Å². The van der Waals surface area contributed by atoms with Gasteiger partial charge in [0.25, 0.3) is 0 Å². The number of aromatic nitrogens is 3. The van der Waals surface area contributed by atoms with Crippen LogP contribution in [0, 0.1) is 0 Å². The largest absolute Gasteiger partial charge is 0.423 e. The average Bonchev–Trinajstić information content (AvgIpc) is 2.31. The van der Waals surface area contributed by atoms with Gasteiger partial charge in [-0.2, -0.15) is 5.10 Å². The molecule has 0 atom stereocenters. The quantitative estimate of drug-likeness (QED) is 0.764. The summed E-state index contributed by atoms with van der Waals surface area (Å²) >= 11 is 0. The van der Waals surface area contributed by atoms with E-state index in [2.05, 4.69) is 22.1 Å². The Bertz CT molecular complexity index is 414. The molecule has 1 heterocycles. The molecule has 1 aromatic heterocycles. The van der Waals surface area contributed by atoms with Crippen LogP contribution in [0.2, 0.25) is 0 Å². The number of aryl methyl sites for hydroxylation is 1. The molecular formula is C11H11N3O. The van der Waals surface area contributed by atoms with Crippen molar-refractivity contribution in [3.63, 3.8) is 0 Å². The first-order valence-electron chi connectivity index (χ1n) is 4.79. The predicted molar refractivity (Wildman–Crippen MR) is 55.7 cm³/mol. The summed E-state index contributed by atoms with van der Waals surface area (Å²) in [5.41, 5.74) is 1.27. The van der Waals surface area contributed by atoms with Crippen molar-refractivity contribution >= 4 is 0 Å². The molecule has 0 saturated carbocycles. The molecule has 2 rings (SSSR count). The molecule has 4 heteroatoms. The molecule has 0 bridgehead atoms. The zero-order valence-corrected chi connectivity index (χ0v) is 8.42. The predicted octanol–water partition coefficient (Wildman–Crippen LogP) is 2.23. The number of nitrogens with zero attached hydrogens (tertiary/aromatic N) is 3. The van der Waals surface area contributed by atoms with Gasteiger partial charge in [0.05, 0.1) is 12.4 Å². The van der Waals surface area contributed by atoms with Gasteiger partial charge in [-0.3, -0.25) is 0 Å². The smallest absolute Gasteiger partial charge is 0.341 e. The van der Waals surface area contributed by atoms with Gasteiger partial charge in [-0.25, -0.2) is 4.98 Å². The lowest BCUT2D eigenvalue weighted by Gasteiger charge is -2.02. The van der Waals surface area contributed by atoms with Crippen LogP contribution in [0.15, 0.2) is 36.7 Å². The number of rotatable bonds is 3. The number of hydrogen-bond donors (Lipinski definition) is 0. The van der Waals surface area contributed by atoms with Crippen LogP contribution in [0.5, 0.6) is 11.8 Å². The fourth-order valence-corrected chi connectivity index (χ4v) is 1.18. The van der Waals surface area contributed by atoms with Crippen molar-refractivity contribution in [1.82, 2.24) is 15.2 Å². The van der Waals surface area contributed by atoms with Crippen molar-refractivity contribution in [2.75, 3.05) is 0 Å². The van der Waals surface area contributed by atoms with Crippen molar-refractivity contribution in [2.24, 2.45) is 0 Å². The molecule has 0 radical (unpaired) electrons. The van der Waals surface area contributed by atoms with Crippen molar-refractivity contribution in [2.45, 2.75) is 13.3 Å². The Morgan fingerprint density at radius 1 is 1.13 bits per heavy atom. The van der Waals surface area contributed by atoms with Gasteiger partial charge in [-0.05, 0) is 24.1 Å². The summed E-state index contributed by atoms with van der Waals surface area (Å²) in [5.74, 6) is 0.722. The van der Waals surface area contributed by atoms with Crippen molar-refractivity contribution in [3.8, 4) is 11.8 Å². The van der Waals surface area contributed by atoms with E-state index in [1.54, 1.807) is 6.20 Å². The molecule has 0 aliphatic carbocycles. The second-order valence-electron chi connectivity index (χ2n) is 3.02. The molecule has 76 valence electrons. The van der Waals surface area contributed by atoms with Crippen LogP contribution in [-0.2, 0) is 6.42 Å². The van der Waals surface area contributed by atoms with E-state index in [9.17, 15) is 0 Å². The minimum absolute atomic E-state index is 0.266. The Balaban J connectivity index is 2.11. The molecule has 1 aromatic carbocycles. The number of benzene rings is 1. The summed E-state index contributed by atoms with van der Waals surface area (Å²) in [5, 5.41) is 7.41. The summed E-state index contributed by atoms with van der Waals surface area (Å²) in [6, 6.07) is 8.10. The summed E-state index contributed by atoms with van der Waals surface area (Å²) in [7, 11) is 0. The molecular weight excluding hydrogens is 190 g/mol. The lowest BCUT2D eigenvalue weighted by Crippen LogP contribution is -1.92. The first-order chi connectivity index (χ1) is 7.38. The highest BCUT2D eigenvalue weighted by Gasteiger charge is 1.98. The van der Waals surface area contributed by atoms with Crippen LogP contribution in [0.25, 0.3) is 0 Å². The monoisotopic (exact) mass is 201 g/mol. The summed E-state index contributed by atoms with van der Waals surface area (Å²) in [4.78, 5) is 3.92. The lowest BCUT2D eigenvalue weighted by atomic mass is 10.2. The Labute approximate surface area is 88.0 Å². The Kier molecular flexibility index (Phi) is 2.88. The average molecular weight is 201 g/mol. The molecule has 0 spiro atoms. The highest BCUT2D eigenvalue weighted by atomic mass is 16.5. The third-order valence-electron chi connectivity index (χ3n) is 2.00. The molecule has 0 fully saturated rings. The van der Waals surface area contributed by atoms with Crippen LogP contribution < -0.4 is 4.74 Å². The Morgan fingerprint density at radius 3 is 2.53 bits per heavy atom. The van der Waals surface area contributed by atoms with Crippen LogP contribution in [0.3, 0.4) is 0 Å². The molecule has 0 saturated heterocycles. The maximum atomic E-state index is 5.39. The molecule has 0 N–H and O–H groups in total. The molecule has 15 heavy (non-hydrogen) atoms. The fraction of sp³-hybridized carbons (Fsp3) is 0.182. The van der Waals surface area contributed by atoms with Gasteiger partial charge in [-0.1, -0.05) is 24.2 Å².